The standard InChI is InChI=1S/C19H24N4OS/c1-6-22-15-8-7-14(12(2)3)11-17(15)25-19(22)21-18(24)16-9-10-20-23(16)13(4)5/h7-13H,6H2,1-5H3. The minimum Gasteiger partial charge on any atom is -0.317 e. The first-order valence-corrected chi connectivity index (χ1v) is 9.49. The van der Waals surface area contributed by atoms with Crippen LogP contribution in [0.15, 0.2) is 35.5 Å². The van der Waals surface area contributed by atoms with Crippen molar-refractivity contribution >= 4 is 27.5 Å². The second-order valence-electron chi connectivity index (χ2n) is 6.68. The molecule has 0 atom stereocenters. The van der Waals surface area contributed by atoms with E-state index >= 15 is 0 Å². The number of hydrogen-bond acceptors (Lipinski definition) is 3. The monoisotopic (exact) mass is 356 g/mol. The molecule has 132 valence electrons. The minimum atomic E-state index is -0.246. The SMILES string of the molecule is CCn1c(=NC(=O)c2ccnn2C(C)C)sc2cc(C(C)C)ccc21. The van der Waals surface area contributed by atoms with Crippen molar-refractivity contribution in [1.82, 2.24) is 14.3 Å². The molecule has 5 nitrogen and oxygen atoms in total. The molecular formula is C19H24N4OS. The van der Waals surface area contributed by atoms with Crippen LogP contribution < -0.4 is 4.80 Å². The zero-order valence-corrected chi connectivity index (χ0v) is 16.2. The molecule has 3 rings (SSSR count). The quantitative estimate of drug-likeness (QED) is 0.697. The first-order valence-electron chi connectivity index (χ1n) is 8.68. The number of hydrogen-bond donors (Lipinski definition) is 0. The van der Waals surface area contributed by atoms with Crippen LogP contribution in [-0.4, -0.2) is 20.3 Å². The van der Waals surface area contributed by atoms with Crippen molar-refractivity contribution < 1.29 is 4.79 Å². The summed E-state index contributed by atoms with van der Waals surface area (Å²) in [4.78, 5) is 17.8. The zero-order chi connectivity index (χ0) is 18.1. The van der Waals surface area contributed by atoms with E-state index in [1.54, 1.807) is 28.3 Å². The summed E-state index contributed by atoms with van der Waals surface area (Å²) in [5, 5.41) is 4.23. The van der Waals surface area contributed by atoms with Crippen LogP contribution in [0.4, 0.5) is 0 Å². The van der Waals surface area contributed by atoms with E-state index in [0.29, 0.717) is 11.6 Å². The fourth-order valence-corrected chi connectivity index (χ4v) is 4.02. The topological polar surface area (TPSA) is 52.2 Å². The number of carbonyl (C=O) groups is 1. The highest BCUT2D eigenvalue weighted by molar-refractivity contribution is 7.16. The Labute approximate surface area is 151 Å². The Bertz CT molecular complexity index is 975. The lowest BCUT2D eigenvalue weighted by Gasteiger charge is -2.08. The fourth-order valence-electron chi connectivity index (χ4n) is 2.88. The van der Waals surface area contributed by atoms with Gasteiger partial charge in [-0.05, 0) is 50.5 Å². The van der Waals surface area contributed by atoms with Crippen molar-refractivity contribution in [1.29, 1.82) is 0 Å². The van der Waals surface area contributed by atoms with Gasteiger partial charge in [0.15, 0.2) is 4.80 Å². The molecule has 1 aromatic carbocycles. The number of amides is 1. The zero-order valence-electron chi connectivity index (χ0n) is 15.4. The molecule has 0 spiro atoms. The van der Waals surface area contributed by atoms with Gasteiger partial charge >= 0.3 is 0 Å². The van der Waals surface area contributed by atoms with Crippen LogP contribution in [0, 0.1) is 0 Å². The Morgan fingerprint density at radius 1 is 1.24 bits per heavy atom. The van der Waals surface area contributed by atoms with E-state index in [1.165, 1.54) is 5.56 Å². The van der Waals surface area contributed by atoms with Crippen molar-refractivity contribution in [3.05, 3.63) is 46.5 Å². The Morgan fingerprint density at radius 2 is 2.00 bits per heavy atom. The largest absolute Gasteiger partial charge is 0.317 e. The van der Waals surface area contributed by atoms with Crippen molar-refractivity contribution in [3.8, 4) is 0 Å². The summed E-state index contributed by atoms with van der Waals surface area (Å²) < 4.78 is 4.97. The van der Waals surface area contributed by atoms with Gasteiger partial charge in [0.2, 0.25) is 0 Å². The van der Waals surface area contributed by atoms with Gasteiger partial charge in [0, 0.05) is 18.8 Å². The van der Waals surface area contributed by atoms with Gasteiger partial charge in [0.25, 0.3) is 5.91 Å². The Morgan fingerprint density at radius 3 is 2.64 bits per heavy atom. The average Bonchev–Trinajstić information content (AvgIpc) is 3.18. The molecule has 0 saturated heterocycles. The first kappa shape index (κ1) is 17.6. The van der Waals surface area contributed by atoms with E-state index in [2.05, 4.69) is 53.6 Å². The molecule has 2 aromatic heterocycles. The van der Waals surface area contributed by atoms with Gasteiger partial charge in [-0.25, -0.2) is 0 Å². The highest BCUT2D eigenvalue weighted by atomic mass is 32.1. The van der Waals surface area contributed by atoms with Crippen molar-refractivity contribution in [2.24, 2.45) is 4.99 Å². The van der Waals surface area contributed by atoms with Gasteiger partial charge in [-0.3, -0.25) is 9.48 Å². The van der Waals surface area contributed by atoms with E-state index in [-0.39, 0.29) is 11.9 Å². The summed E-state index contributed by atoms with van der Waals surface area (Å²) >= 11 is 1.57. The third-order valence-electron chi connectivity index (χ3n) is 4.27. The molecule has 0 bridgehead atoms. The summed E-state index contributed by atoms with van der Waals surface area (Å²) in [6, 6.07) is 8.35. The maximum Gasteiger partial charge on any atom is 0.297 e. The molecule has 0 radical (unpaired) electrons. The maximum atomic E-state index is 12.7. The number of thiazole rings is 1. The third-order valence-corrected chi connectivity index (χ3v) is 5.31. The molecule has 6 heteroatoms. The lowest BCUT2D eigenvalue weighted by Crippen LogP contribution is -2.18. The lowest BCUT2D eigenvalue weighted by atomic mass is 10.0. The summed E-state index contributed by atoms with van der Waals surface area (Å²) in [5.41, 5.74) is 2.95. The van der Waals surface area contributed by atoms with Crippen LogP contribution in [0.25, 0.3) is 10.2 Å². The molecule has 0 saturated carbocycles. The summed E-state index contributed by atoms with van der Waals surface area (Å²) in [6.45, 7) is 11.2. The number of aromatic nitrogens is 3. The number of benzene rings is 1. The molecule has 3 aromatic rings. The number of aryl methyl sites for hydroxylation is 1. The molecule has 0 aliphatic carbocycles. The molecule has 1 amide bonds. The predicted molar refractivity (Wildman–Crippen MR) is 102 cm³/mol. The van der Waals surface area contributed by atoms with Crippen molar-refractivity contribution in [3.63, 3.8) is 0 Å². The molecule has 0 unspecified atom stereocenters. The minimum absolute atomic E-state index is 0.124. The van der Waals surface area contributed by atoms with E-state index in [4.69, 9.17) is 0 Å². The number of rotatable bonds is 4. The van der Waals surface area contributed by atoms with E-state index in [1.807, 2.05) is 13.8 Å². The van der Waals surface area contributed by atoms with Crippen LogP contribution in [0.2, 0.25) is 0 Å². The number of fused-ring (bicyclic) bond motifs is 1. The summed E-state index contributed by atoms with van der Waals surface area (Å²) in [6.07, 6.45) is 1.65. The second kappa shape index (κ2) is 6.96. The Balaban J connectivity index is 2.12. The van der Waals surface area contributed by atoms with E-state index < -0.39 is 0 Å². The normalized spacial score (nSPS) is 12.7. The molecule has 25 heavy (non-hydrogen) atoms. The fraction of sp³-hybridized carbons (Fsp3) is 0.421. The number of carbonyl (C=O) groups excluding carboxylic acids is 1. The summed E-state index contributed by atoms with van der Waals surface area (Å²) in [7, 11) is 0. The van der Waals surface area contributed by atoms with Crippen LogP contribution in [0.3, 0.4) is 0 Å². The van der Waals surface area contributed by atoms with E-state index in [9.17, 15) is 4.79 Å². The van der Waals surface area contributed by atoms with Gasteiger partial charge in [-0.15, -0.1) is 0 Å². The van der Waals surface area contributed by atoms with Crippen LogP contribution in [-0.2, 0) is 6.54 Å². The molecule has 2 heterocycles. The van der Waals surface area contributed by atoms with Gasteiger partial charge < -0.3 is 4.57 Å². The molecule has 0 fully saturated rings. The number of nitrogens with zero attached hydrogens (tertiary/aromatic N) is 4. The van der Waals surface area contributed by atoms with Gasteiger partial charge in [0.05, 0.1) is 10.2 Å². The highest BCUT2D eigenvalue weighted by Crippen LogP contribution is 2.23. The van der Waals surface area contributed by atoms with Crippen molar-refractivity contribution in [2.45, 2.75) is 53.1 Å². The highest BCUT2D eigenvalue weighted by Gasteiger charge is 2.15. The van der Waals surface area contributed by atoms with Crippen molar-refractivity contribution in [2.75, 3.05) is 0 Å². The van der Waals surface area contributed by atoms with Crippen LogP contribution in [0.5, 0.6) is 0 Å². The average molecular weight is 356 g/mol. The third kappa shape index (κ3) is 3.31. The second-order valence-corrected chi connectivity index (χ2v) is 7.69. The van der Waals surface area contributed by atoms with Gasteiger partial charge in [0.1, 0.15) is 5.69 Å². The smallest absolute Gasteiger partial charge is 0.297 e. The first-order chi connectivity index (χ1) is 11.9. The molecule has 0 N–H and O–H groups in total. The van der Waals surface area contributed by atoms with E-state index in [0.717, 1.165) is 21.6 Å². The van der Waals surface area contributed by atoms with Crippen LogP contribution in [0.1, 0.15) is 62.6 Å². The Hall–Kier alpha value is -2.21. The predicted octanol–water partition coefficient (Wildman–Crippen LogP) is 4.36. The van der Waals surface area contributed by atoms with Gasteiger partial charge in [-0.2, -0.15) is 10.1 Å². The molecule has 0 aliphatic rings. The Kier molecular flexibility index (Phi) is 4.90. The summed E-state index contributed by atoms with van der Waals surface area (Å²) in [5.74, 6) is 0.230. The van der Waals surface area contributed by atoms with Crippen LogP contribution >= 0.6 is 11.3 Å². The maximum absolute atomic E-state index is 12.7. The lowest BCUT2D eigenvalue weighted by molar-refractivity contribution is 0.0986. The molecule has 0 aliphatic heterocycles. The molecular weight excluding hydrogens is 332 g/mol. The van der Waals surface area contributed by atoms with Gasteiger partial charge in [-0.1, -0.05) is 31.3 Å².